The van der Waals surface area contributed by atoms with Gasteiger partial charge in [0.05, 0.1) is 19.8 Å². The molecule has 1 aromatic rings. The lowest BCUT2D eigenvalue weighted by Crippen LogP contribution is -2.19. The second kappa shape index (κ2) is 4.84. The van der Waals surface area contributed by atoms with E-state index in [1.54, 1.807) is 7.11 Å². The lowest BCUT2D eigenvalue weighted by atomic mass is 10.0. The van der Waals surface area contributed by atoms with Crippen LogP contribution in [-0.2, 0) is 4.84 Å². The van der Waals surface area contributed by atoms with Crippen LogP contribution in [-0.4, -0.2) is 13.7 Å². The minimum atomic E-state index is 0.185. The predicted octanol–water partition coefficient (Wildman–Crippen LogP) is 2.70. The van der Waals surface area contributed by atoms with Crippen LogP contribution in [0.5, 0.6) is 5.75 Å². The number of halogens is 1. The van der Waals surface area contributed by atoms with E-state index in [-0.39, 0.29) is 6.04 Å². The standard InChI is InChI=1S/C11H14ClNO2/c1-14-13-10-3-2-6-15-11-7-8(12)4-5-9(10)11/h4-5,7,10,13H,2-3,6H2,1H3. The summed E-state index contributed by atoms with van der Waals surface area (Å²) in [4.78, 5) is 4.99. The molecule has 1 aromatic carbocycles. The van der Waals surface area contributed by atoms with Crippen molar-refractivity contribution in [2.24, 2.45) is 0 Å². The molecule has 0 amide bonds. The molecular weight excluding hydrogens is 214 g/mol. The normalized spacial score (nSPS) is 20.3. The molecule has 0 aliphatic carbocycles. The highest BCUT2D eigenvalue weighted by molar-refractivity contribution is 6.30. The van der Waals surface area contributed by atoms with E-state index in [1.165, 1.54) is 0 Å². The molecule has 15 heavy (non-hydrogen) atoms. The molecule has 4 heteroatoms. The van der Waals surface area contributed by atoms with Crippen LogP contribution in [0.4, 0.5) is 0 Å². The number of nitrogens with one attached hydrogen (secondary N) is 1. The summed E-state index contributed by atoms with van der Waals surface area (Å²) in [5, 5.41) is 0.701. The maximum Gasteiger partial charge on any atom is 0.125 e. The van der Waals surface area contributed by atoms with E-state index in [1.807, 2.05) is 18.2 Å². The van der Waals surface area contributed by atoms with Gasteiger partial charge in [0.15, 0.2) is 0 Å². The van der Waals surface area contributed by atoms with Crippen molar-refractivity contribution in [1.82, 2.24) is 5.48 Å². The van der Waals surface area contributed by atoms with Crippen molar-refractivity contribution in [2.75, 3.05) is 13.7 Å². The average Bonchev–Trinajstić information content (AvgIpc) is 2.41. The fourth-order valence-corrected chi connectivity index (χ4v) is 1.97. The summed E-state index contributed by atoms with van der Waals surface area (Å²) in [7, 11) is 1.63. The topological polar surface area (TPSA) is 30.5 Å². The number of fused-ring (bicyclic) bond motifs is 1. The van der Waals surface area contributed by atoms with E-state index >= 15 is 0 Å². The summed E-state index contributed by atoms with van der Waals surface area (Å²) in [6, 6.07) is 5.90. The Hall–Kier alpha value is -0.770. The third kappa shape index (κ3) is 2.43. The van der Waals surface area contributed by atoms with Crippen molar-refractivity contribution in [3.8, 4) is 5.75 Å². The number of hydrogen-bond acceptors (Lipinski definition) is 3. The molecule has 1 heterocycles. The second-order valence-corrected chi connectivity index (χ2v) is 3.98. The number of rotatable bonds is 2. The molecule has 0 bridgehead atoms. The first-order valence-corrected chi connectivity index (χ1v) is 5.40. The Balaban J connectivity index is 2.32. The summed E-state index contributed by atoms with van der Waals surface area (Å²) in [5.74, 6) is 0.856. The average molecular weight is 228 g/mol. The highest BCUT2D eigenvalue weighted by Crippen LogP contribution is 2.33. The van der Waals surface area contributed by atoms with Gasteiger partial charge in [-0.3, -0.25) is 0 Å². The van der Waals surface area contributed by atoms with Crippen molar-refractivity contribution in [2.45, 2.75) is 18.9 Å². The van der Waals surface area contributed by atoms with E-state index in [9.17, 15) is 0 Å². The maximum atomic E-state index is 5.92. The molecule has 0 aromatic heterocycles. The van der Waals surface area contributed by atoms with Crippen LogP contribution in [0.3, 0.4) is 0 Å². The Labute approximate surface area is 94.3 Å². The van der Waals surface area contributed by atoms with Crippen LogP contribution in [0.2, 0.25) is 5.02 Å². The molecule has 1 aliphatic rings. The third-order valence-electron chi connectivity index (χ3n) is 2.51. The lowest BCUT2D eigenvalue weighted by Gasteiger charge is -2.16. The van der Waals surface area contributed by atoms with Crippen LogP contribution >= 0.6 is 11.6 Å². The summed E-state index contributed by atoms with van der Waals surface area (Å²) in [6.07, 6.45) is 2.01. The molecule has 82 valence electrons. The van der Waals surface area contributed by atoms with E-state index in [0.717, 1.165) is 30.8 Å². The number of hydroxylamine groups is 1. The van der Waals surface area contributed by atoms with Gasteiger partial charge < -0.3 is 9.57 Å². The van der Waals surface area contributed by atoms with E-state index in [2.05, 4.69) is 5.48 Å². The Bertz CT molecular complexity index is 343. The van der Waals surface area contributed by atoms with Crippen molar-refractivity contribution in [3.63, 3.8) is 0 Å². The van der Waals surface area contributed by atoms with Crippen LogP contribution in [0.15, 0.2) is 18.2 Å². The predicted molar refractivity (Wildman–Crippen MR) is 59.1 cm³/mol. The summed E-state index contributed by atoms with van der Waals surface area (Å²) in [6.45, 7) is 0.731. The molecule has 1 unspecified atom stereocenters. The van der Waals surface area contributed by atoms with Crippen LogP contribution in [0.25, 0.3) is 0 Å². The SMILES string of the molecule is CONC1CCCOc2cc(Cl)ccc21. The van der Waals surface area contributed by atoms with Gasteiger partial charge in [-0.1, -0.05) is 17.7 Å². The molecule has 1 aliphatic heterocycles. The van der Waals surface area contributed by atoms with Gasteiger partial charge in [-0.25, -0.2) is 0 Å². The molecule has 0 radical (unpaired) electrons. The molecule has 0 fully saturated rings. The number of hydrogen-bond donors (Lipinski definition) is 1. The monoisotopic (exact) mass is 227 g/mol. The zero-order valence-electron chi connectivity index (χ0n) is 8.63. The minimum Gasteiger partial charge on any atom is -0.493 e. The Kier molecular flexibility index (Phi) is 3.46. The van der Waals surface area contributed by atoms with E-state index in [0.29, 0.717) is 5.02 Å². The Morgan fingerprint density at radius 1 is 1.53 bits per heavy atom. The van der Waals surface area contributed by atoms with Crippen molar-refractivity contribution < 1.29 is 9.57 Å². The van der Waals surface area contributed by atoms with Crippen molar-refractivity contribution in [3.05, 3.63) is 28.8 Å². The molecule has 3 nitrogen and oxygen atoms in total. The van der Waals surface area contributed by atoms with Gasteiger partial charge in [0, 0.05) is 10.6 Å². The third-order valence-corrected chi connectivity index (χ3v) is 2.74. The number of benzene rings is 1. The van der Waals surface area contributed by atoms with E-state index in [4.69, 9.17) is 21.2 Å². The van der Waals surface area contributed by atoms with Gasteiger partial charge in [-0.15, -0.1) is 0 Å². The summed E-state index contributed by atoms with van der Waals surface area (Å²) >= 11 is 5.92. The molecule has 1 atom stereocenters. The second-order valence-electron chi connectivity index (χ2n) is 3.55. The Morgan fingerprint density at radius 3 is 3.20 bits per heavy atom. The van der Waals surface area contributed by atoms with Gasteiger partial charge in [0.1, 0.15) is 5.75 Å². The number of ether oxygens (including phenoxy) is 1. The highest BCUT2D eigenvalue weighted by atomic mass is 35.5. The first-order chi connectivity index (χ1) is 7.31. The minimum absolute atomic E-state index is 0.185. The van der Waals surface area contributed by atoms with Gasteiger partial charge in [-0.05, 0) is 25.0 Å². The smallest absolute Gasteiger partial charge is 0.125 e. The largest absolute Gasteiger partial charge is 0.493 e. The van der Waals surface area contributed by atoms with Gasteiger partial charge in [0.25, 0.3) is 0 Å². The fourth-order valence-electron chi connectivity index (χ4n) is 1.81. The summed E-state index contributed by atoms with van der Waals surface area (Å²) < 4.78 is 5.63. The molecule has 0 spiro atoms. The van der Waals surface area contributed by atoms with Crippen molar-refractivity contribution in [1.29, 1.82) is 0 Å². The van der Waals surface area contributed by atoms with Crippen LogP contribution in [0, 0.1) is 0 Å². The zero-order valence-corrected chi connectivity index (χ0v) is 9.38. The van der Waals surface area contributed by atoms with Gasteiger partial charge in [-0.2, -0.15) is 5.48 Å². The quantitative estimate of drug-likeness (QED) is 0.789. The Morgan fingerprint density at radius 2 is 2.40 bits per heavy atom. The highest BCUT2D eigenvalue weighted by Gasteiger charge is 2.19. The van der Waals surface area contributed by atoms with Crippen LogP contribution in [0.1, 0.15) is 24.4 Å². The molecule has 1 N–H and O–H groups in total. The fraction of sp³-hybridized carbons (Fsp3) is 0.455. The lowest BCUT2D eigenvalue weighted by molar-refractivity contribution is 0.0580. The van der Waals surface area contributed by atoms with Crippen molar-refractivity contribution >= 4 is 11.6 Å². The molecule has 0 saturated carbocycles. The summed E-state index contributed by atoms with van der Waals surface area (Å²) in [5.41, 5.74) is 4.09. The molecule has 0 saturated heterocycles. The molecule has 2 rings (SSSR count). The first kappa shape index (κ1) is 10.7. The first-order valence-electron chi connectivity index (χ1n) is 5.02. The molecular formula is C11H14ClNO2. The van der Waals surface area contributed by atoms with Gasteiger partial charge in [0.2, 0.25) is 0 Å². The van der Waals surface area contributed by atoms with Gasteiger partial charge >= 0.3 is 0 Å². The van der Waals surface area contributed by atoms with E-state index < -0.39 is 0 Å². The van der Waals surface area contributed by atoms with Crippen LogP contribution < -0.4 is 10.2 Å². The maximum absolute atomic E-state index is 5.92. The zero-order chi connectivity index (χ0) is 10.7.